The SMILES string of the molecule is CC(C)C#CC(O)(c1c(F)cccc1NC(c1ccccc1)(c1ccccc1)c1ccccc1)C(F)(F)F. The van der Waals surface area contributed by atoms with Gasteiger partial charge in [-0.15, -0.1) is 0 Å². The highest BCUT2D eigenvalue weighted by molar-refractivity contribution is 5.65. The Labute approximate surface area is 220 Å². The van der Waals surface area contributed by atoms with Crippen LogP contribution < -0.4 is 5.32 Å². The molecule has 0 spiro atoms. The highest BCUT2D eigenvalue weighted by Crippen LogP contribution is 2.46. The molecule has 0 amide bonds. The molecule has 4 aromatic rings. The third-order valence-corrected chi connectivity index (χ3v) is 6.27. The zero-order valence-electron chi connectivity index (χ0n) is 20.9. The van der Waals surface area contributed by atoms with E-state index in [1.807, 2.05) is 96.9 Å². The molecule has 0 aliphatic rings. The average Bonchev–Trinajstić information content (AvgIpc) is 2.91. The number of hydrogen-bond acceptors (Lipinski definition) is 2. The molecule has 6 heteroatoms. The number of alkyl halides is 3. The lowest BCUT2D eigenvalue weighted by atomic mass is 9.76. The first-order valence-corrected chi connectivity index (χ1v) is 12.1. The zero-order valence-corrected chi connectivity index (χ0v) is 20.9. The maximum Gasteiger partial charge on any atom is 0.433 e. The Bertz CT molecular complexity index is 1330. The van der Waals surface area contributed by atoms with Crippen LogP contribution in [0, 0.1) is 23.6 Å². The van der Waals surface area contributed by atoms with Crippen LogP contribution in [0.2, 0.25) is 0 Å². The van der Waals surface area contributed by atoms with Crippen molar-refractivity contribution in [1.29, 1.82) is 0 Å². The molecule has 194 valence electrons. The van der Waals surface area contributed by atoms with Crippen molar-refractivity contribution in [3.05, 3.63) is 137 Å². The van der Waals surface area contributed by atoms with Gasteiger partial charge in [0, 0.05) is 11.6 Å². The van der Waals surface area contributed by atoms with Crippen LogP contribution in [-0.2, 0) is 11.1 Å². The first-order valence-electron chi connectivity index (χ1n) is 12.1. The van der Waals surface area contributed by atoms with Crippen molar-refractivity contribution in [1.82, 2.24) is 0 Å². The highest BCUT2D eigenvalue weighted by atomic mass is 19.4. The van der Waals surface area contributed by atoms with Gasteiger partial charge in [0.2, 0.25) is 0 Å². The van der Waals surface area contributed by atoms with Crippen molar-refractivity contribution in [2.75, 3.05) is 5.32 Å². The summed E-state index contributed by atoms with van der Waals surface area (Å²) in [5.74, 6) is 2.62. The van der Waals surface area contributed by atoms with E-state index in [0.29, 0.717) is 16.7 Å². The van der Waals surface area contributed by atoms with Gasteiger partial charge in [0.05, 0.1) is 5.56 Å². The quantitative estimate of drug-likeness (QED) is 0.157. The van der Waals surface area contributed by atoms with Crippen molar-refractivity contribution < 1.29 is 22.7 Å². The Balaban J connectivity index is 2.07. The van der Waals surface area contributed by atoms with E-state index >= 15 is 4.39 Å². The van der Waals surface area contributed by atoms with Crippen molar-refractivity contribution >= 4 is 5.69 Å². The minimum atomic E-state index is -5.28. The topological polar surface area (TPSA) is 32.3 Å². The fourth-order valence-electron chi connectivity index (χ4n) is 4.50. The summed E-state index contributed by atoms with van der Waals surface area (Å²) in [6.45, 7) is 3.19. The van der Waals surface area contributed by atoms with Crippen molar-refractivity contribution in [2.24, 2.45) is 5.92 Å². The number of aliphatic hydroxyl groups is 1. The second-order valence-electron chi connectivity index (χ2n) is 9.27. The van der Waals surface area contributed by atoms with Crippen LogP contribution in [-0.4, -0.2) is 11.3 Å². The number of rotatable bonds is 6. The third-order valence-electron chi connectivity index (χ3n) is 6.27. The summed E-state index contributed by atoms with van der Waals surface area (Å²) in [4.78, 5) is 0. The van der Waals surface area contributed by atoms with Gasteiger partial charge in [0.1, 0.15) is 11.4 Å². The van der Waals surface area contributed by atoms with Crippen LogP contribution in [0.25, 0.3) is 0 Å². The Morgan fingerprint density at radius 1 is 0.684 bits per heavy atom. The Kier molecular flexibility index (Phi) is 7.61. The van der Waals surface area contributed by atoms with Crippen molar-refractivity contribution in [3.63, 3.8) is 0 Å². The molecule has 38 heavy (non-hydrogen) atoms. The lowest BCUT2D eigenvalue weighted by Gasteiger charge is -2.39. The molecule has 0 radical (unpaired) electrons. The summed E-state index contributed by atoms with van der Waals surface area (Å²) in [6, 6.07) is 31.1. The van der Waals surface area contributed by atoms with E-state index < -0.39 is 34.6 Å². The minimum Gasteiger partial charge on any atom is -0.367 e. The zero-order chi connectivity index (χ0) is 27.4. The van der Waals surface area contributed by atoms with Crippen LogP contribution in [0.4, 0.5) is 23.2 Å². The monoisotopic (exact) mass is 517 g/mol. The second kappa shape index (κ2) is 10.7. The molecular weight excluding hydrogens is 490 g/mol. The average molecular weight is 518 g/mol. The Hall–Kier alpha value is -4.08. The first kappa shape index (κ1) is 27.0. The Morgan fingerprint density at radius 3 is 1.53 bits per heavy atom. The molecule has 0 aliphatic carbocycles. The lowest BCUT2D eigenvalue weighted by molar-refractivity contribution is -0.241. The smallest absolute Gasteiger partial charge is 0.367 e. The summed E-state index contributed by atoms with van der Waals surface area (Å²) in [5, 5.41) is 14.3. The molecule has 0 fully saturated rings. The normalized spacial score (nSPS) is 13.4. The molecule has 0 aromatic heterocycles. The maximum atomic E-state index is 15.4. The molecule has 4 rings (SSSR count). The van der Waals surface area contributed by atoms with Gasteiger partial charge in [0.15, 0.2) is 0 Å². The molecule has 0 heterocycles. The van der Waals surface area contributed by atoms with Crippen LogP contribution >= 0.6 is 0 Å². The predicted molar refractivity (Wildman–Crippen MR) is 142 cm³/mol. The second-order valence-corrected chi connectivity index (χ2v) is 9.27. The van der Waals surface area contributed by atoms with Crippen LogP contribution in [0.3, 0.4) is 0 Å². The van der Waals surface area contributed by atoms with Gasteiger partial charge in [0.25, 0.3) is 5.60 Å². The van der Waals surface area contributed by atoms with Gasteiger partial charge in [-0.2, -0.15) is 13.2 Å². The highest BCUT2D eigenvalue weighted by Gasteiger charge is 2.57. The molecule has 1 atom stereocenters. The van der Waals surface area contributed by atoms with Crippen LogP contribution in [0.1, 0.15) is 36.1 Å². The van der Waals surface area contributed by atoms with E-state index in [4.69, 9.17) is 0 Å². The summed E-state index contributed by atoms with van der Waals surface area (Å²) >= 11 is 0. The van der Waals surface area contributed by atoms with E-state index in [9.17, 15) is 18.3 Å². The minimum absolute atomic E-state index is 0.237. The molecular formula is C32H27F4NO. The van der Waals surface area contributed by atoms with Gasteiger partial charge >= 0.3 is 6.18 Å². The van der Waals surface area contributed by atoms with Crippen LogP contribution in [0.15, 0.2) is 109 Å². The van der Waals surface area contributed by atoms with Gasteiger partial charge < -0.3 is 10.4 Å². The molecule has 0 saturated heterocycles. The van der Waals surface area contributed by atoms with Gasteiger partial charge in [-0.3, -0.25) is 0 Å². The number of benzene rings is 4. The van der Waals surface area contributed by atoms with E-state index in [1.54, 1.807) is 13.8 Å². The molecule has 0 bridgehead atoms. The van der Waals surface area contributed by atoms with Crippen molar-refractivity contribution in [2.45, 2.75) is 31.2 Å². The predicted octanol–water partition coefficient (Wildman–Crippen LogP) is 7.64. The number of hydrogen-bond donors (Lipinski definition) is 2. The Morgan fingerprint density at radius 2 is 1.13 bits per heavy atom. The summed E-state index contributed by atoms with van der Waals surface area (Å²) in [7, 11) is 0. The number of anilines is 1. The number of halogens is 4. The molecule has 1 unspecified atom stereocenters. The van der Waals surface area contributed by atoms with E-state index in [2.05, 4.69) is 11.2 Å². The molecule has 0 aliphatic heterocycles. The molecule has 2 N–H and O–H groups in total. The molecule has 2 nitrogen and oxygen atoms in total. The molecule has 0 saturated carbocycles. The van der Waals surface area contributed by atoms with Crippen molar-refractivity contribution in [3.8, 4) is 11.8 Å². The van der Waals surface area contributed by atoms with E-state index in [0.717, 1.165) is 6.07 Å². The van der Waals surface area contributed by atoms with E-state index in [-0.39, 0.29) is 5.69 Å². The van der Waals surface area contributed by atoms with E-state index in [1.165, 1.54) is 12.1 Å². The van der Waals surface area contributed by atoms with Crippen LogP contribution in [0.5, 0.6) is 0 Å². The standard InChI is InChI=1S/C32H27F4NO/c1-23(2)21-22-30(38,32(34,35)36)29-27(33)19-12-20-28(29)37-31(24-13-6-3-7-14-24,25-15-8-4-9-16-25)26-17-10-5-11-18-26/h3-20,23,37-38H,1-2H3. The summed E-state index contributed by atoms with van der Waals surface area (Å²) < 4.78 is 58.8. The summed E-state index contributed by atoms with van der Waals surface area (Å²) in [5.41, 5.74) is -4.10. The maximum absolute atomic E-state index is 15.4. The summed E-state index contributed by atoms with van der Waals surface area (Å²) in [6.07, 6.45) is -5.28. The molecule has 4 aromatic carbocycles. The largest absolute Gasteiger partial charge is 0.433 e. The number of nitrogens with one attached hydrogen (secondary N) is 1. The fourth-order valence-corrected chi connectivity index (χ4v) is 4.50. The van der Waals surface area contributed by atoms with Gasteiger partial charge in [-0.25, -0.2) is 4.39 Å². The first-order chi connectivity index (χ1) is 18.1. The third kappa shape index (κ3) is 5.03. The lowest BCUT2D eigenvalue weighted by Crippen LogP contribution is -2.44. The fraction of sp³-hybridized carbons (Fsp3) is 0.188. The van der Waals surface area contributed by atoms with Gasteiger partial charge in [-0.1, -0.05) is 123 Å². The van der Waals surface area contributed by atoms with Gasteiger partial charge in [-0.05, 0) is 28.8 Å².